The van der Waals surface area contributed by atoms with E-state index < -0.39 is 0 Å². The normalized spacial score (nSPS) is 17.1. The third-order valence-corrected chi connectivity index (χ3v) is 4.32. The zero-order chi connectivity index (χ0) is 13.7. The minimum Gasteiger partial charge on any atom is -0.397 e. The first-order valence-corrected chi connectivity index (χ1v) is 7.56. The predicted molar refractivity (Wildman–Crippen MR) is 83.6 cm³/mol. The molecule has 1 aromatic rings. The van der Waals surface area contributed by atoms with E-state index in [1.54, 1.807) is 0 Å². The van der Waals surface area contributed by atoms with Crippen LogP contribution in [-0.4, -0.2) is 37.6 Å². The quantitative estimate of drug-likeness (QED) is 0.827. The van der Waals surface area contributed by atoms with Gasteiger partial charge in [0.25, 0.3) is 0 Å². The fraction of sp³-hybridized carbons (Fsp3) is 0.625. The fourth-order valence-electron chi connectivity index (χ4n) is 2.86. The highest BCUT2D eigenvalue weighted by Crippen LogP contribution is 2.24. The number of nitrogens with zero attached hydrogens (tertiary/aromatic N) is 2. The van der Waals surface area contributed by atoms with Crippen molar-refractivity contribution in [1.29, 1.82) is 0 Å². The Morgan fingerprint density at radius 3 is 2.26 bits per heavy atom. The van der Waals surface area contributed by atoms with Gasteiger partial charge < -0.3 is 10.6 Å². The lowest BCUT2D eigenvalue weighted by Gasteiger charge is -2.37. The minimum atomic E-state index is 0.855. The molecule has 0 aliphatic carbocycles. The van der Waals surface area contributed by atoms with Gasteiger partial charge in [-0.05, 0) is 18.1 Å². The highest BCUT2D eigenvalue weighted by atomic mass is 15.3. The van der Waals surface area contributed by atoms with Crippen molar-refractivity contribution < 1.29 is 0 Å². The lowest BCUT2D eigenvalue weighted by Crippen LogP contribution is -2.47. The van der Waals surface area contributed by atoms with Crippen LogP contribution >= 0.6 is 0 Å². The number of hydrogen-bond acceptors (Lipinski definition) is 3. The van der Waals surface area contributed by atoms with Crippen molar-refractivity contribution in [3.63, 3.8) is 0 Å². The van der Waals surface area contributed by atoms with Crippen LogP contribution in [0, 0.1) is 5.92 Å². The topological polar surface area (TPSA) is 32.5 Å². The van der Waals surface area contributed by atoms with Crippen LogP contribution in [0.25, 0.3) is 0 Å². The van der Waals surface area contributed by atoms with Crippen molar-refractivity contribution in [1.82, 2.24) is 4.90 Å². The molecule has 2 rings (SSSR count). The van der Waals surface area contributed by atoms with Crippen molar-refractivity contribution in [2.45, 2.75) is 26.7 Å². The maximum absolute atomic E-state index is 6.05. The maximum atomic E-state index is 6.05. The van der Waals surface area contributed by atoms with Gasteiger partial charge in [-0.25, -0.2) is 0 Å². The van der Waals surface area contributed by atoms with Gasteiger partial charge in [0.15, 0.2) is 0 Å². The largest absolute Gasteiger partial charge is 0.397 e. The molecule has 106 valence electrons. The number of para-hydroxylation sites is 2. The van der Waals surface area contributed by atoms with Gasteiger partial charge in [0.2, 0.25) is 0 Å². The number of hydrogen-bond donors (Lipinski definition) is 1. The van der Waals surface area contributed by atoms with E-state index in [1.165, 1.54) is 25.1 Å². The summed E-state index contributed by atoms with van der Waals surface area (Å²) in [5, 5.41) is 0. The van der Waals surface area contributed by atoms with E-state index in [4.69, 9.17) is 5.73 Å². The Hall–Kier alpha value is -1.22. The van der Waals surface area contributed by atoms with Gasteiger partial charge >= 0.3 is 0 Å². The molecule has 1 aromatic carbocycles. The SMILES string of the molecule is CCC(CC)CN1CCN(c2ccccc2N)CC1. The van der Waals surface area contributed by atoms with Gasteiger partial charge in [-0.2, -0.15) is 0 Å². The standard InChI is InChI=1S/C16H27N3/c1-3-14(4-2)13-18-9-11-19(12-10-18)16-8-6-5-7-15(16)17/h5-8,14H,3-4,9-13,17H2,1-2H3. The van der Waals surface area contributed by atoms with Gasteiger partial charge in [0, 0.05) is 32.7 Å². The summed E-state index contributed by atoms with van der Waals surface area (Å²) in [5.41, 5.74) is 8.15. The minimum absolute atomic E-state index is 0.855. The van der Waals surface area contributed by atoms with Gasteiger partial charge in [-0.3, -0.25) is 4.90 Å². The number of benzene rings is 1. The second-order valence-corrected chi connectivity index (χ2v) is 5.53. The molecule has 0 bridgehead atoms. The summed E-state index contributed by atoms with van der Waals surface area (Å²) in [5.74, 6) is 0.855. The van der Waals surface area contributed by atoms with Crippen LogP contribution in [0.4, 0.5) is 11.4 Å². The highest BCUT2D eigenvalue weighted by Gasteiger charge is 2.19. The Labute approximate surface area is 117 Å². The molecule has 0 amide bonds. The molecule has 1 saturated heterocycles. The van der Waals surface area contributed by atoms with Gasteiger partial charge in [0.1, 0.15) is 0 Å². The van der Waals surface area contributed by atoms with Crippen LogP contribution in [0.3, 0.4) is 0 Å². The molecule has 1 heterocycles. The molecular weight excluding hydrogens is 234 g/mol. The van der Waals surface area contributed by atoms with Crippen molar-refractivity contribution in [2.75, 3.05) is 43.4 Å². The van der Waals surface area contributed by atoms with Gasteiger partial charge in [0.05, 0.1) is 11.4 Å². The average molecular weight is 261 g/mol. The molecule has 3 nitrogen and oxygen atoms in total. The zero-order valence-corrected chi connectivity index (χ0v) is 12.3. The number of rotatable bonds is 5. The Balaban J connectivity index is 1.87. The highest BCUT2D eigenvalue weighted by molar-refractivity contribution is 5.67. The molecule has 3 heteroatoms. The van der Waals surface area contributed by atoms with Crippen LogP contribution in [0.2, 0.25) is 0 Å². The van der Waals surface area contributed by atoms with E-state index in [9.17, 15) is 0 Å². The summed E-state index contributed by atoms with van der Waals surface area (Å²) in [7, 11) is 0. The summed E-state index contributed by atoms with van der Waals surface area (Å²) in [6.45, 7) is 10.4. The summed E-state index contributed by atoms with van der Waals surface area (Å²) >= 11 is 0. The lowest BCUT2D eigenvalue weighted by molar-refractivity contribution is 0.212. The zero-order valence-electron chi connectivity index (χ0n) is 12.3. The second kappa shape index (κ2) is 6.80. The van der Waals surface area contributed by atoms with Gasteiger partial charge in [-0.15, -0.1) is 0 Å². The lowest BCUT2D eigenvalue weighted by atomic mass is 10.0. The Morgan fingerprint density at radius 1 is 1.05 bits per heavy atom. The molecule has 19 heavy (non-hydrogen) atoms. The van der Waals surface area contributed by atoms with Crippen LogP contribution in [0.5, 0.6) is 0 Å². The Morgan fingerprint density at radius 2 is 1.68 bits per heavy atom. The molecule has 1 aliphatic rings. The van der Waals surface area contributed by atoms with E-state index in [0.29, 0.717) is 0 Å². The first-order chi connectivity index (χ1) is 9.24. The molecule has 0 atom stereocenters. The molecule has 0 radical (unpaired) electrons. The van der Waals surface area contributed by atoms with Crippen LogP contribution < -0.4 is 10.6 Å². The van der Waals surface area contributed by atoms with E-state index in [1.807, 2.05) is 12.1 Å². The second-order valence-electron chi connectivity index (χ2n) is 5.53. The number of nitrogens with two attached hydrogens (primary N) is 1. The molecule has 1 fully saturated rings. The third-order valence-electron chi connectivity index (χ3n) is 4.32. The maximum Gasteiger partial charge on any atom is 0.0600 e. The molecule has 0 saturated carbocycles. The number of anilines is 2. The molecule has 0 unspecified atom stereocenters. The molecule has 1 aliphatic heterocycles. The first kappa shape index (κ1) is 14.2. The Kier molecular flexibility index (Phi) is 5.08. The predicted octanol–water partition coefficient (Wildman–Crippen LogP) is 2.83. The van der Waals surface area contributed by atoms with Crippen molar-refractivity contribution >= 4 is 11.4 Å². The number of piperazine rings is 1. The van der Waals surface area contributed by atoms with Crippen molar-refractivity contribution in [2.24, 2.45) is 5.92 Å². The van der Waals surface area contributed by atoms with E-state index >= 15 is 0 Å². The van der Waals surface area contributed by atoms with Gasteiger partial charge in [-0.1, -0.05) is 38.8 Å². The summed E-state index contributed by atoms with van der Waals surface area (Å²) in [4.78, 5) is 5.02. The van der Waals surface area contributed by atoms with E-state index in [0.717, 1.165) is 37.8 Å². The first-order valence-electron chi connectivity index (χ1n) is 7.56. The average Bonchev–Trinajstić information content (AvgIpc) is 2.46. The summed E-state index contributed by atoms with van der Waals surface area (Å²) in [6, 6.07) is 8.20. The smallest absolute Gasteiger partial charge is 0.0600 e. The summed E-state index contributed by atoms with van der Waals surface area (Å²) in [6.07, 6.45) is 2.59. The molecule has 2 N–H and O–H groups in total. The monoisotopic (exact) mass is 261 g/mol. The molecular formula is C16H27N3. The molecule has 0 aromatic heterocycles. The van der Waals surface area contributed by atoms with Crippen LogP contribution in [0.15, 0.2) is 24.3 Å². The van der Waals surface area contributed by atoms with Crippen LogP contribution in [-0.2, 0) is 0 Å². The van der Waals surface area contributed by atoms with Crippen molar-refractivity contribution in [3.8, 4) is 0 Å². The van der Waals surface area contributed by atoms with E-state index in [2.05, 4.69) is 35.8 Å². The Bertz CT molecular complexity index is 379. The molecule has 0 spiro atoms. The number of nitrogen functional groups attached to an aromatic ring is 1. The fourth-order valence-corrected chi connectivity index (χ4v) is 2.86. The summed E-state index contributed by atoms with van der Waals surface area (Å²) < 4.78 is 0. The van der Waals surface area contributed by atoms with Crippen molar-refractivity contribution in [3.05, 3.63) is 24.3 Å². The van der Waals surface area contributed by atoms with Crippen LogP contribution in [0.1, 0.15) is 26.7 Å². The van der Waals surface area contributed by atoms with E-state index in [-0.39, 0.29) is 0 Å². The third kappa shape index (κ3) is 3.63.